The van der Waals surface area contributed by atoms with E-state index in [0.717, 1.165) is 55.5 Å². The summed E-state index contributed by atoms with van der Waals surface area (Å²) in [5.41, 5.74) is 4.35. The van der Waals surface area contributed by atoms with Gasteiger partial charge in [0, 0.05) is 24.1 Å². The van der Waals surface area contributed by atoms with E-state index in [2.05, 4.69) is 32.2 Å². The van der Waals surface area contributed by atoms with Gasteiger partial charge in [-0.3, -0.25) is 14.3 Å². The molecule has 3 fully saturated rings. The smallest absolute Gasteiger partial charge is 0.295 e. The summed E-state index contributed by atoms with van der Waals surface area (Å²) in [6.07, 6.45) is 11.3. The summed E-state index contributed by atoms with van der Waals surface area (Å²) in [4.78, 5) is 42.0. The number of aromatic nitrogens is 7. The first-order valence-electron chi connectivity index (χ1n) is 14.4. The first-order chi connectivity index (χ1) is 19.8. The van der Waals surface area contributed by atoms with Gasteiger partial charge in [0.15, 0.2) is 27.1 Å². The number of sulfone groups is 1. The summed E-state index contributed by atoms with van der Waals surface area (Å²) >= 11 is 0. The van der Waals surface area contributed by atoms with E-state index >= 15 is 0 Å². The molecule has 4 aromatic rings. The van der Waals surface area contributed by atoms with Crippen molar-refractivity contribution in [2.45, 2.75) is 81.7 Å². The maximum atomic E-state index is 13.9. The van der Waals surface area contributed by atoms with Gasteiger partial charge in [0.1, 0.15) is 11.8 Å². The molecular weight excluding hydrogens is 540 g/mol. The Kier molecular flexibility index (Phi) is 6.33. The Morgan fingerprint density at radius 3 is 2.24 bits per heavy atom. The molecule has 3 aliphatic carbocycles. The van der Waals surface area contributed by atoms with Gasteiger partial charge in [-0.1, -0.05) is 6.92 Å². The van der Waals surface area contributed by atoms with Gasteiger partial charge >= 0.3 is 0 Å². The van der Waals surface area contributed by atoms with Crippen LogP contribution in [0.4, 0.5) is 5.82 Å². The lowest BCUT2D eigenvalue weighted by atomic mass is 10.0. The minimum absolute atomic E-state index is 0.0108. The van der Waals surface area contributed by atoms with Gasteiger partial charge in [0.25, 0.3) is 5.56 Å². The molecule has 3 saturated carbocycles. The Labute approximate surface area is 237 Å². The second-order valence-corrected chi connectivity index (χ2v) is 13.7. The van der Waals surface area contributed by atoms with Crippen molar-refractivity contribution in [2.24, 2.45) is 5.92 Å². The third-order valence-corrected chi connectivity index (χ3v) is 10.1. The zero-order valence-corrected chi connectivity index (χ0v) is 23.9. The lowest BCUT2D eigenvalue weighted by Gasteiger charge is -2.19. The van der Waals surface area contributed by atoms with Crippen LogP contribution in [0.1, 0.15) is 87.3 Å². The van der Waals surface area contributed by atoms with Crippen molar-refractivity contribution >= 4 is 26.8 Å². The number of rotatable bonds is 10. The molecule has 0 spiro atoms. The molecule has 41 heavy (non-hydrogen) atoms. The van der Waals surface area contributed by atoms with Crippen LogP contribution in [0.3, 0.4) is 0 Å². The predicted octanol–water partition coefficient (Wildman–Crippen LogP) is 4.17. The molecule has 1 unspecified atom stereocenters. The number of hydrogen-bond acceptors (Lipinski definition) is 10. The van der Waals surface area contributed by atoms with Gasteiger partial charge in [-0.05, 0) is 63.5 Å². The van der Waals surface area contributed by atoms with Crippen LogP contribution in [0.15, 0.2) is 40.5 Å². The van der Waals surface area contributed by atoms with Crippen LogP contribution in [-0.2, 0) is 16.4 Å². The Hall–Kier alpha value is -3.80. The molecule has 212 valence electrons. The van der Waals surface area contributed by atoms with Crippen LogP contribution in [0.2, 0.25) is 0 Å². The Morgan fingerprint density at radius 2 is 1.66 bits per heavy atom. The van der Waals surface area contributed by atoms with Crippen molar-refractivity contribution in [3.05, 3.63) is 58.3 Å². The topological polar surface area (TPSA) is 146 Å². The fraction of sp³-hybridized carbons (Fsp3) is 0.483. The zero-order valence-electron chi connectivity index (χ0n) is 23.1. The average molecular weight is 573 g/mol. The van der Waals surface area contributed by atoms with E-state index in [-0.39, 0.29) is 34.6 Å². The molecule has 0 amide bonds. The highest BCUT2D eigenvalue weighted by atomic mass is 32.2. The Balaban J connectivity index is 1.28. The highest BCUT2D eigenvalue weighted by Crippen LogP contribution is 2.48. The Morgan fingerprint density at radius 1 is 0.951 bits per heavy atom. The van der Waals surface area contributed by atoms with Crippen LogP contribution in [-0.4, -0.2) is 48.6 Å². The third-order valence-electron chi connectivity index (χ3n) is 8.37. The highest BCUT2D eigenvalue weighted by Gasteiger charge is 2.36. The lowest BCUT2D eigenvalue weighted by Crippen LogP contribution is -2.29. The number of anilines is 1. The molecule has 0 saturated heterocycles. The van der Waals surface area contributed by atoms with Gasteiger partial charge in [0.05, 0.1) is 46.0 Å². The zero-order chi connectivity index (χ0) is 28.3. The quantitative estimate of drug-likeness (QED) is 0.294. The van der Waals surface area contributed by atoms with Crippen molar-refractivity contribution in [3.8, 4) is 11.4 Å². The largest absolute Gasteiger partial charge is 0.360 e. The number of fused-ring (bicyclic) bond motifs is 1. The summed E-state index contributed by atoms with van der Waals surface area (Å²) in [7, 11) is -3.33. The van der Waals surface area contributed by atoms with E-state index in [4.69, 9.17) is 9.97 Å². The summed E-state index contributed by atoms with van der Waals surface area (Å²) in [6.45, 7) is 3.88. The molecule has 3 aliphatic rings. The van der Waals surface area contributed by atoms with E-state index in [9.17, 15) is 13.2 Å². The number of nitrogens with one attached hydrogen (secondary N) is 1. The monoisotopic (exact) mass is 572 g/mol. The fourth-order valence-corrected chi connectivity index (χ4v) is 6.24. The molecule has 4 aromatic heterocycles. The second kappa shape index (κ2) is 9.93. The molecular formula is C29H32N8O3S. The van der Waals surface area contributed by atoms with Crippen molar-refractivity contribution in [1.29, 1.82) is 0 Å². The number of pyridine rings is 1. The van der Waals surface area contributed by atoms with Gasteiger partial charge < -0.3 is 5.32 Å². The fourth-order valence-electron chi connectivity index (χ4n) is 5.42. The van der Waals surface area contributed by atoms with Crippen molar-refractivity contribution in [2.75, 3.05) is 11.1 Å². The van der Waals surface area contributed by atoms with Crippen LogP contribution < -0.4 is 10.9 Å². The van der Waals surface area contributed by atoms with Crippen LogP contribution >= 0.6 is 0 Å². The van der Waals surface area contributed by atoms with E-state index in [1.165, 1.54) is 6.20 Å². The molecule has 0 aliphatic heterocycles. The van der Waals surface area contributed by atoms with E-state index < -0.39 is 9.84 Å². The highest BCUT2D eigenvalue weighted by molar-refractivity contribution is 7.91. The first-order valence-corrected chi connectivity index (χ1v) is 16.0. The average Bonchev–Trinajstić information content (AvgIpc) is 3.84. The van der Waals surface area contributed by atoms with E-state index in [1.807, 2.05) is 0 Å². The maximum Gasteiger partial charge on any atom is 0.295 e. The normalized spacial score (nSPS) is 18.0. The van der Waals surface area contributed by atoms with Gasteiger partial charge in [-0.15, -0.1) is 0 Å². The molecule has 1 atom stereocenters. The van der Waals surface area contributed by atoms with Crippen LogP contribution in [0.5, 0.6) is 0 Å². The summed E-state index contributed by atoms with van der Waals surface area (Å²) < 4.78 is 26.0. The van der Waals surface area contributed by atoms with Crippen molar-refractivity contribution < 1.29 is 8.42 Å². The molecule has 0 radical (unpaired) electrons. The Bertz CT molecular complexity index is 1780. The van der Waals surface area contributed by atoms with Crippen molar-refractivity contribution in [3.63, 3.8) is 0 Å². The number of nitrogens with zero attached hydrogens (tertiary/aromatic N) is 7. The maximum absolute atomic E-state index is 13.9. The summed E-state index contributed by atoms with van der Waals surface area (Å²) in [5, 5.41) is 3.13. The SMILES string of the molecule is CCS(=O)(=O)c1ccc(CNc2nc3cnc(-c4c(C5CC5)ncnc4C4CC4)nc3n(C(C)C3CC3)c2=O)nc1. The predicted molar refractivity (Wildman–Crippen MR) is 153 cm³/mol. The molecule has 0 bridgehead atoms. The van der Waals surface area contributed by atoms with Crippen LogP contribution in [0, 0.1) is 5.92 Å². The van der Waals surface area contributed by atoms with Crippen LogP contribution in [0.25, 0.3) is 22.6 Å². The lowest BCUT2D eigenvalue weighted by molar-refractivity contribution is 0.482. The minimum atomic E-state index is -3.33. The molecule has 12 heteroatoms. The minimum Gasteiger partial charge on any atom is -0.360 e. The molecule has 4 heterocycles. The number of hydrogen-bond donors (Lipinski definition) is 1. The van der Waals surface area contributed by atoms with Crippen molar-refractivity contribution in [1.82, 2.24) is 34.5 Å². The summed E-state index contributed by atoms with van der Waals surface area (Å²) in [6, 6.07) is 3.14. The standard InChI is InChI=1S/C29H32N8O3S/c1-3-41(39,40)21-11-10-20(30-13-21)12-31-27-29(38)37(16(2)17-4-5-17)28-22(35-27)14-32-26(36-28)23-24(18-6-7-18)33-15-34-25(23)19-8-9-19/h10-11,13-19H,3-9,12H2,1-2H3,(H,31,35). The van der Waals surface area contributed by atoms with E-state index in [1.54, 1.807) is 36.1 Å². The molecule has 7 rings (SSSR count). The molecule has 11 nitrogen and oxygen atoms in total. The third kappa shape index (κ3) is 4.98. The second-order valence-electron chi connectivity index (χ2n) is 11.4. The molecule has 0 aromatic carbocycles. The van der Waals surface area contributed by atoms with Gasteiger partial charge in [0.2, 0.25) is 0 Å². The van der Waals surface area contributed by atoms with Gasteiger partial charge in [-0.25, -0.2) is 33.3 Å². The van der Waals surface area contributed by atoms with E-state index in [0.29, 0.717) is 40.4 Å². The summed E-state index contributed by atoms with van der Waals surface area (Å²) in [5.74, 6) is 1.99. The van der Waals surface area contributed by atoms with Gasteiger partial charge in [-0.2, -0.15) is 0 Å². The first kappa shape index (κ1) is 26.1. The molecule has 1 N–H and O–H groups in total.